The first-order chi connectivity index (χ1) is 13.3. The highest BCUT2D eigenvalue weighted by Crippen LogP contribution is 2.22. The van der Waals surface area contributed by atoms with E-state index >= 15 is 0 Å². The molecule has 8 heteroatoms. The Morgan fingerprint density at radius 1 is 1.14 bits per heavy atom. The average molecular weight is 386 g/mol. The van der Waals surface area contributed by atoms with E-state index in [0.29, 0.717) is 24.3 Å². The van der Waals surface area contributed by atoms with Crippen molar-refractivity contribution in [1.29, 1.82) is 0 Å². The maximum absolute atomic E-state index is 13.1. The number of piperazine rings is 1. The van der Waals surface area contributed by atoms with Gasteiger partial charge >= 0.3 is 0 Å². The van der Waals surface area contributed by atoms with E-state index < -0.39 is 4.92 Å². The fourth-order valence-corrected chi connectivity index (χ4v) is 3.32. The molecular weight excluding hydrogens is 363 g/mol. The van der Waals surface area contributed by atoms with Gasteiger partial charge in [-0.25, -0.2) is 4.39 Å². The van der Waals surface area contributed by atoms with Crippen molar-refractivity contribution in [3.63, 3.8) is 0 Å². The molecule has 1 fully saturated rings. The number of nitro benzene ring substituents is 1. The maximum Gasteiger partial charge on any atom is 0.269 e. The average Bonchev–Trinajstić information content (AvgIpc) is 2.69. The van der Waals surface area contributed by atoms with Crippen molar-refractivity contribution in [2.45, 2.75) is 19.9 Å². The minimum absolute atomic E-state index is 0.000428. The third kappa shape index (κ3) is 4.45. The van der Waals surface area contributed by atoms with Crippen LogP contribution < -0.4 is 10.2 Å². The van der Waals surface area contributed by atoms with Gasteiger partial charge in [-0.15, -0.1) is 0 Å². The Kier molecular flexibility index (Phi) is 5.89. The van der Waals surface area contributed by atoms with Crippen molar-refractivity contribution in [3.05, 3.63) is 64.0 Å². The zero-order valence-electron chi connectivity index (χ0n) is 15.9. The molecule has 1 saturated heterocycles. The van der Waals surface area contributed by atoms with Crippen LogP contribution >= 0.6 is 0 Å². The second kappa shape index (κ2) is 8.35. The Labute approximate surface area is 162 Å². The fourth-order valence-electron chi connectivity index (χ4n) is 3.32. The molecule has 1 heterocycles. The highest BCUT2D eigenvalue weighted by atomic mass is 19.1. The van der Waals surface area contributed by atoms with Crippen LogP contribution in [0.3, 0.4) is 0 Å². The largest absolute Gasteiger partial charge is 0.369 e. The molecular formula is C20H23FN4O3. The molecule has 0 spiro atoms. The zero-order valence-corrected chi connectivity index (χ0v) is 15.9. The number of aryl methyl sites for hydroxylation is 1. The minimum Gasteiger partial charge on any atom is -0.369 e. The number of rotatable bonds is 5. The number of anilines is 2. The van der Waals surface area contributed by atoms with Gasteiger partial charge in [0.2, 0.25) is 5.91 Å². The summed E-state index contributed by atoms with van der Waals surface area (Å²) in [6.07, 6.45) is 0. The van der Waals surface area contributed by atoms with E-state index in [2.05, 4.69) is 15.1 Å². The van der Waals surface area contributed by atoms with Gasteiger partial charge in [0.25, 0.3) is 5.69 Å². The molecule has 1 aliphatic rings. The molecule has 2 aromatic carbocycles. The Bertz CT molecular complexity index is 864. The number of nitro groups is 1. The highest BCUT2D eigenvalue weighted by molar-refractivity contribution is 5.95. The summed E-state index contributed by atoms with van der Waals surface area (Å²) < 4.78 is 13.1. The molecule has 1 aliphatic heterocycles. The van der Waals surface area contributed by atoms with Gasteiger partial charge in [0.1, 0.15) is 5.82 Å². The number of carbonyl (C=O) groups excluding carboxylic acids is 1. The molecule has 0 unspecified atom stereocenters. The molecule has 0 radical (unpaired) electrons. The number of non-ortho nitro benzene ring substituents is 1. The van der Waals surface area contributed by atoms with Crippen molar-refractivity contribution in [2.24, 2.45) is 0 Å². The second-order valence-corrected chi connectivity index (χ2v) is 6.92. The summed E-state index contributed by atoms with van der Waals surface area (Å²) in [6, 6.07) is 10.5. The molecule has 2 aromatic rings. The molecule has 0 aliphatic carbocycles. The standard InChI is InChI=1S/C20H23FN4O3/c1-14-13-18(25(27)28)7-8-19(14)22-20(26)15(2)23-9-11-24(12-10-23)17-5-3-16(21)4-6-17/h3-8,13,15H,9-12H2,1-2H3,(H,22,26)/t15-/m1/s1. The molecule has 0 saturated carbocycles. The smallest absolute Gasteiger partial charge is 0.269 e. The molecule has 7 nitrogen and oxygen atoms in total. The predicted octanol–water partition coefficient (Wildman–Crippen LogP) is 3.19. The van der Waals surface area contributed by atoms with Gasteiger partial charge in [-0.2, -0.15) is 0 Å². The highest BCUT2D eigenvalue weighted by Gasteiger charge is 2.26. The van der Waals surface area contributed by atoms with Gasteiger partial charge in [-0.1, -0.05) is 0 Å². The Morgan fingerprint density at radius 2 is 1.79 bits per heavy atom. The minimum atomic E-state index is -0.457. The first-order valence-corrected chi connectivity index (χ1v) is 9.15. The molecule has 148 valence electrons. The predicted molar refractivity (Wildman–Crippen MR) is 106 cm³/mol. The number of halogens is 1. The Balaban J connectivity index is 1.57. The summed E-state index contributed by atoms with van der Waals surface area (Å²) in [7, 11) is 0. The third-order valence-corrected chi connectivity index (χ3v) is 5.11. The fraction of sp³-hybridized carbons (Fsp3) is 0.350. The zero-order chi connectivity index (χ0) is 20.3. The summed E-state index contributed by atoms with van der Waals surface area (Å²) in [5.74, 6) is -0.401. The number of benzene rings is 2. The van der Waals surface area contributed by atoms with Crippen LogP contribution in [-0.4, -0.2) is 48.0 Å². The Hall–Kier alpha value is -3.00. The van der Waals surface area contributed by atoms with Gasteiger partial charge in [-0.3, -0.25) is 19.8 Å². The van der Waals surface area contributed by atoms with Crippen LogP contribution in [0.15, 0.2) is 42.5 Å². The van der Waals surface area contributed by atoms with Gasteiger partial charge in [0, 0.05) is 49.7 Å². The van der Waals surface area contributed by atoms with Crippen molar-refractivity contribution in [3.8, 4) is 0 Å². The van der Waals surface area contributed by atoms with E-state index in [-0.39, 0.29) is 23.5 Å². The van der Waals surface area contributed by atoms with E-state index in [4.69, 9.17) is 0 Å². The van der Waals surface area contributed by atoms with Crippen molar-refractivity contribution in [2.75, 3.05) is 36.4 Å². The Morgan fingerprint density at radius 3 is 2.36 bits per heavy atom. The van der Waals surface area contributed by atoms with Crippen LogP contribution in [0.2, 0.25) is 0 Å². The van der Waals surface area contributed by atoms with E-state index in [0.717, 1.165) is 18.8 Å². The van der Waals surface area contributed by atoms with Gasteiger partial charge in [-0.05, 0) is 49.7 Å². The van der Waals surface area contributed by atoms with Gasteiger partial charge < -0.3 is 10.2 Å². The van der Waals surface area contributed by atoms with Gasteiger partial charge in [0.15, 0.2) is 0 Å². The number of amides is 1. The molecule has 0 aromatic heterocycles. The lowest BCUT2D eigenvalue weighted by atomic mass is 10.1. The number of carbonyl (C=O) groups is 1. The number of nitrogens with one attached hydrogen (secondary N) is 1. The monoisotopic (exact) mass is 386 g/mol. The molecule has 3 rings (SSSR count). The van der Waals surface area contributed by atoms with Crippen LogP contribution in [-0.2, 0) is 4.79 Å². The number of nitrogens with zero attached hydrogens (tertiary/aromatic N) is 3. The van der Waals surface area contributed by atoms with Crippen LogP contribution in [0.5, 0.6) is 0 Å². The van der Waals surface area contributed by atoms with Crippen LogP contribution in [0.25, 0.3) is 0 Å². The first kappa shape index (κ1) is 19.8. The van der Waals surface area contributed by atoms with Crippen molar-refractivity contribution in [1.82, 2.24) is 4.90 Å². The lowest BCUT2D eigenvalue weighted by molar-refractivity contribution is -0.384. The van der Waals surface area contributed by atoms with Crippen LogP contribution in [0.4, 0.5) is 21.5 Å². The quantitative estimate of drug-likeness (QED) is 0.631. The first-order valence-electron chi connectivity index (χ1n) is 9.15. The molecule has 1 atom stereocenters. The van der Waals surface area contributed by atoms with Crippen molar-refractivity contribution < 1.29 is 14.1 Å². The van der Waals surface area contributed by atoms with Gasteiger partial charge in [0.05, 0.1) is 11.0 Å². The molecule has 0 bridgehead atoms. The number of hydrogen-bond acceptors (Lipinski definition) is 5. The normalized spacial score (nSPS) is 15.9. The SMILES string of the molecule is Cc1cc([N+](=O)[O-])ccc1NC(=O)[C@@H](C)N1CCN(c2ccc(F)cc2)CC1. The van der Waals surface area contributed by atoms with Crippen LogP contribution in [0.1, 0.15) is 12.5 Å². The van der Waals surface area contributed by atoms with E-state index in [1.807, 2.05) is 6.92 Å². The molecule has 1 amide bonds. The van der Waals surface area contributed by atoms with E-state index in [1.54, 1.807) is 25.1 Å². The van der Waals surface area contributed by atoms with E-state index in [9.17, 15) is 19.3 Å². The topological polar surface area (TPSA) is 78.7 Å². The summed E-state index contributed by atoms with van der Waals surface area (Å²) in [5.41, 5.74) is 2.20. The summed E-state index contributed by atoms with van der Waals surface area (Å²) in [5, 5.41) is 13.7. The number of hydrogen-bond donors (Lipinski definition) is 1. The third-order valence-electron chi connectivity index (χ3n) is 5.11. The van der Waals surface area contributed by atoms with Crippen LogP contribution in [0, 0.1) is 22.9 Å². The maximum atomic E-state index is 13.1. The summed E-state index contributed by atoms with van der Waals surface area (Å²) >= 11 is 0. The summed E-state index contributed by atoms with van der Waals surface area (Å²) in [4.78, 5) is 27.3. The van der Waals surface area contributed by atoms with E-state index in [1.165, 1.54) is 24.3 Å². The summed E-state index contributed by atoms with van der Waals surface area (Å²) in [6.45, 7) is 6.51. The lowest BCUT2D eigenvalue weighted by Gasteiger charge is -2.38. The molecule has 28 heavy (non-hydrogen) atoms. The second-order valence-electron chi connectivity index (χ2n) is 6.92. The van der Waals surface area contributed by atoms with Crippen molar-refractivity contribution >= 4 is 23.0 Å². The lowest BCUT2D eigenvalue weighted by Crippen LogP contribution is -2.52. The molecule has 1 N–H and O–H groups in total.